The fourth-order valence-electron chi connectivity index (χ4n) is 3.69. The zero-order chi connectivity index (χ0) is 18.7. The van der Waals surface area contributed by atoms with Crippen LogP contribution in [0.3, 0.4) is 0 Å². The van der Waals surface area contributed by atoms with Gasteiger partial charge in [0.1, 0.15) is 4.75 Å². The molecule has 2 atom stereocenters. The van der Waals surface area contributed by atoms with Crippen LogP contribution in [0.2, 0.25) is 0 Å². The first-order valence-corrected chi connectivity index (χ1v) is 9.52. The average molecular weight is 364 g/mol. The molecule has 7 nitrogen and oxygen atoms in total. The second-order valence-electron chi connectivity index (χ2n) is 7.15. The van der Waals surface area contributed by atoms with Gasteiger partial charge in [-0.25, -0.2) is 13.2 Å². The van der Waals surface area contributed by atoms with Crippen LogP contribution < -0.4 is 0 Å². The average Bonchev–Trinajstić information content (AvgIpc) is 2.66. The first kappa shape index (κ1) is 17.6. The summed E-state index contributed by atoms with van der Waals surface area (Å²) in [7, 11) is -3.89. The molecule has 1 N–H and O–H groups in total. The number of aliphatic carboxylic acids is 1. The van der Waals surface area contributed by atoms with E-state index < -0.39 is 37.9 Å². The second-order valence-corrected chi connectivity index (χ2v) is 9.74. The quantitative estimate of drug-likeness (QED) is 0.641. The van der Waals surface area contributed by atoms with E-state index in [4.69, 9.17) is 0 Å². The molecule has 2 aliphatic heterocycles. The Morgan fingerprint density at radius 1 is 1.32 bits per heavy atom. The molecule has 1 amide bonds. The van der Waals surface area contributed by atoms with Crippen molar-refractivity contribution in [2.45, 2.75) is 43.9 Å². The van der Waals surface area contributed by atoms with Crippen molar-refractivity contribution in [3.05, 3.63) is 35.7 Å². The summed E-state index contributed by atoms with van der Waals surface area (Å²) >= 11 is 0. The lowest BCUT2D eigenvalue weighted by molar-refractivity contribution is -0.152. The Hall–Kier alpha value is -2.22. The van der Waals surface area contributed by atoms with Crippen molar-refractivity contribution in [2.24, 2.45) is 5.92 Å². The van der Waals surface area contributed by atoms with Crippen LogP contribution in [0.5, 0.6) is 0 Å². The van der Waals surface area contributed by atoms with Crippen LogP contribution in [-0.2, 0) is 19.4 Å². The number of aromatic nitrogens is 1. The Bertz CT molecular complexity index is 887. The summed E-state index contributed by atoms with van der Waals surface area (Å²) < 4.78 is 24.4. The third-order valence-corrected chi connectivity index (χ3v) is 7.71. The highest BCUT2D eigenvalue weighted by Crippen LogP contribution is 2.51. The van der Waals surface area contributed by atoms with Crippen LogP contribution in [-0.4, -0.2) is 51.4 Å². The summed E-state index contributed by atoms with van der Waals surface area (Å²) in [6.45, 7) is 6.43. The first-order valence-electron chi connectivity index (χ1n) is 7.97. The van der Waals surface area contributed by atoms with Crippen molar-refractivity contribution >= 4 is 27.3 Å². The summed E-state index contributed by atoms with van der Waals surface area (Å²) in [5.74, 6) is -1.99. The molecule has 0 aromatic carbocycles. The third-order valence-electron chi connectivity index (χ3n) is 4.97. The van der Waals surface area contributed by atoms with E-state index in [0.29, 0.717) is 11.3 Å². The molecule has 2 aliphatic rings. The van der Waals surface area contributed by atoms with E-state index in [2.05, 4.69) is 4.98 Å². The molecule has 0 aliphatic carbocycles. The van der Waals surface area contributed by atoms with E-state index in [0.717, 1.165) is 4.90 Å². The molecule has 3 heterocycles. The number of nitrogens with zero attached hydrogens (tertiary/aromatic N) is 2. The summed E-state index contributed by atoms with van der Waals surface area (Å²) in [6, 6.07) is 3.83. The van der Waals surface area contributed by atoms with Gasteiger partial charge in [-0.15, -0.1) is 0 Å². The van der Waals surface area contributed by atoms with Gasteiger partial charge >= 0.3 is 5.97 Å². The number of hydrogen-bond acceptors (Lipinski definition) is 5. The molecule has 1 aromatic heterocycles. The number of carbonyl (C=O) groups excluding carboxylic acids is 1. The van der Waals surface area contributed by atoms with Gasteiger partial charge in [0.15, 0.2) is 21.3 Å². The maximum Gasteiger partial charge on any atom is 0.328 e. The van der Waals surface area contributed by atoms with Gasteiger partial charge in [0.2, 0.25) is 0 Å². The van der Waals surface area contributed by atoms with Gasteiger partial charge in [0.05, 0.1) is 11.3 Å². The molecule has 25 heavy (non-hydrogen) atoms. The number of carboxylic acid groups (broad SMARTS) is 1. The predicted octanol–water partition coefficient (Wildman–Crippen LogP) is 1.32. The number of sulfone groups is 1. The van der Waals surface area contributed by atoms with E-state index in [1.54, 1.807) is 24.4 Å². The van der Waals surface area contributed by atoms with Gasteiger partial charge in [0, 0.05) is 6.20 Å². The lowest BCUT2D eigenvalue weighted by atomic mass is 9.87. The molecule has 0 bridgehead atoms. The second kappa shape index (κ2) is 5.39. The van der Waals surface area contributed by atoms with Crippen molar-refractivity contribution < 1.29 is 23.1 Å². The number of carbonyl (C=O) groups is 2. The Labute approximate surface area is 146 Å². The SMILES string of the molecule is CC(C)/C(=C1\C(=O)N2[C@@H](C(=O)O)C(C)(C)S(=O)(=O)[C@H]12)c1ccccn1. The smallest absolute Gasteiger partial charge is 0.328 e. The summed E-state index contributed by atoms with van der Waals surface area (Å²) in [5.41, 5.74) is 1.23. The largest absolute Gasteiger partial charge is 0.480 e. The van der Waals surface area contributed by atoms with Crippen LogP contribution in [0.25, 0.3) is 5.57 Å². The lowest BCUT2D eigenvalue weighted by Gasteiger charge is -2.40. The minimum atomic E-state index is -3.89. The maximum atomic E-state index is 13.0. The Kier molecular flexibility index (Phi) is 3.79. The topological polar surface area (TPSA) is 105 Å². The summed E-state index contributed by atoms with van der Waals surface area (Å²) in [6.07, 6.45) is 1.58. The summed E-state index contributed by atoms with van der Waals surface area (Å²) in [4.78, 5) is 29.6. The van der Waals surface area contributed by atoms with E-state index in [1.807, 2.05) is 13.8 Å². The van der Waals surface area contributed by atoms with Gasteiger partial charge in [0.25, 0.3) is 5.91 Å². The molecule has 8 heteroatoms. The van der Waals surface area contributed by atoms with Crippen molar-refractivity contribution in [3.63, 3.8) is 0 Å². The highest BCUT2D eigenvalue weighted by molar-refractivity contribution is 7.94. The number of amides is 1. The van der Waals surface area contributed by atoms with Crippen LogP contribution in [0.15, 0.2) is 30.0 Å². The molecule has 3 rings (SSSR count). The molecule has 2 fully saturated rings. The molecule has 134 valence electrons. The minimum Gasteiger partial charge on any atom is -0.480 e. The van der Waals surface area contributed by atoms with E-state index in [1.165, 1.54) is 13.8 Å². The standard InChI is InChI=1S/C17H20N2O5S/c1-9(2)11(10-7-5-6-8-18-10)12-14(20)19-13(16(21)22)17(3,4)25(23,24)15(12)19/h5-9,13,15H,1-4H3,(H,21,22)/b12-11-/t13-,15+/m0/s1. The highest BCUT2D eigenvalue weighted by Gasteiger charge is 2.70. The molecule has 0 saturated carbocycles. The number of hydrogen-bond donors (Lipinski definition) is 1. The minimum absolute atomic E-state index is 0.141. The number of pyridine rings is 1. The number of β-lactam (4-membered cyclic amide) rings is 1. The Morgan fingerprint density at radius 2 is 1.96 bits per heavy atom. The van der Waals surface area contributed by atoms with Crippen LogP contribution >= 0.6 is 0 Å². The number of carboxylic acids is 1. The van der Waals surface area contributed by atoms with E-state index >= 15 is 0 Å². The van der Waals surface area contributed by atoms with Crippen LogP contribution in [0.4, 0.5) is 0 Å². The number of rotatable bonds is 3. The molecular formula is C17H20N2O5S. The molecule has 1 aromatic rings. The molecule has 0 spiro atoms. The van der Waals surface area contributed by atoms with E-state index in [-0.39, 0.29) is 11.5 Å². The van der Waals surface area contributed by atoms with Crippen LogP contribution in [0.1, 0.15) is 33.4 Å². The Morgan fingerprint density at radius 3 is 2.44 bits per heavy atom. The van der Waals surface area contributed by atoms with E-state index in [9.17, 15) is 23.1 Å². The predicted molar refractivity (Wildman–Crippen MR) is 91.1 cm³/mol. The van der Waals surface area contributed by atoms with Crippen molar-refractivity contribution in [2.75, 3.05) is 0 Å². The molecule has 0 radical (unpaired) electrons. The first-order chi connectivity index (χ1) is 11.5. The highest BCUT2D eigenvalue weighted by atomic mass is 32.2. The zero-order valence-corrected chi connectivity index (χ0v) is 15.2. The monoisotopic (exact) mass is 364 g/mol. The summed E-state index contributed by atoms with van der Waals surface area (Å²) in [5, 5.41) is 8.26. The van der Waals surface area contributed by atoms with Crippen molar-refractivity contribution in [1.29, 1.82) is 0 Å². The number of allylic oxidation sites excluding steroid dienone is 1. The van der Waals surface area contributed by atoms with Gasteiger partial charge in [-0.1, -0.05) is 19.9 Å². The third kappa shape index (κ3) is 2.16. The maximum absolute atomic E-state index is 13.0. The van der Waals surface area contributed by atoms with Gasteiger partial charge in [-0.3, -0.25) is 9.78 Å². The van der Waals surface area contributed by atoms with Crippen LogP contribution in [0, 0.1) is 5.92 Å². The molecular weight excluding hydrogens is 344 g/mol. The van der Waals surface area contributed by atoms with Gasteiger partial charge < -0.3 is 10.0 Å². The fourth-order valence-corrected chi connectivity index (χ4v) is 5.85. The normalized spacial score (nSPS) is 28.5. The van der Waals surface area contributed by atoms with Crippen molar-refractivity contribution in [1.82, 2.24) is 9.88 Å². The molecule has 0 unspecified atom stereocenters. The lowest BCUT2D eigenvalue weighted by Crippen LogP contribution is -2.59. The van der Waals surface area contributed by atoms with Crippen molar-refractivity contribution in [3.8, 4) is 0 Å². The van der Waals surface area contributed by atoms with Gasteiger partial charge in [-0.2, -0.15) is 0 Å². The zero-order valence-electron chi connectivity index (χ0n) is 14.4. The fraction of sp³-hybridized carbons (Fsp3) is 0.471. The molecule has 2 saturated heterocycles. The Balaban J connectivity index is 2.25. The number of fused-ring (bicyclic) bond motifs is 1. The van der Waals surface area contributed by atoms with Gasteiger partial charge in [-0.05, 0) is 37.5 Å².